The summed E-state index contributed by atoms with van der Waals surface area (Å²) in [5.74, 6) is -0.890. The fourth-order valence-electron chi connectivity index (χ4n) is 2.51. The summed E-state index contributed by atoms with van der Waals surface area (Å²) in [4.78, 5) is 16.0. The van der Waals surface area contributed by atoms with E-state index in [1.165, 1.54) is 11.3 Å². The lowest BCUT2D eigenvalue weighted by Crippen LogP contribution is -2.37. The number of carboxylic acid groups (broad SMARTS) is 1. The molecule has 2 N–H and O–H groups in total. The third kappa shape index (κ3) is 4.92. The van der Waals surface area contributed by atoms with Gasteiger partial charge in [0.05, 0.1) is 5.69 Å². The van der Waals surface area contributed by atoms with Gasteiger partial charge in [-0.2, -0.15) is 0 Å². The van der Waals surface area contributed by atoms with Crippen molar-refractivity contribution >= 4 is 22.9 Å². The zero-order valence-corrected chi connectivity index (χ0v) is 15.1. The van der Waals surface area contributed by atoms with Crippen molar-refractivity contribution in [2.45, 2.75) is 72.4 Å². The summed E-state index contributed by atoms with van der Waals surface area (Å²) in [5, 5.41) is 13.7. The number of nitrogens with one attached hydrogen (secondary N) is 1. The van der Waals surface area contributed by atoms with Gasteiger partial charge in [-0.25, -0.2) is 9.78 Å². The van der Waals surface area contributed by atoms with E-state index in [2.05, 4.69) is 37.1 Å². The molecule has 0 bridgehead atoms. The van der Waals surface area contributed by atoms with Gasteiger partial charge in [-0.3, -0.25) is 0 Å². The molecule has 1 aromatic heterocycles. The van der Waals surface area contributed by atoms with Gasteiger partial charge in [0.1, 0.15) is 9.88 Å². The van der Waals surface area contributed by atoms with Crippen molar-refractivity contribution < 1.29 is 9.90 Å². The van der Waals surface area contributed by atoms with E-state index >= 15 is 0 Å². The molecule has 4 nitrogen and oxygen atoms in total. The van der Waals surface area contributed by atoms with Crippen molar-refractivity contribution in [3.63, 3.8) is 0 Å². The van der Waals surface area contributed by atoms with Gasteiger partial charge in [0.25, 0.3) is 0 Å². The smallest absolute Gasteiger partial charge is 0.347 e. The van der Waals surface area contributed by atoms with Crippen molar-refractivity contribution in [2.24, 2.45) is 0 Å². The van der Waals surface area contributed by atoms with Gasteiger partial charge < -0.3 is 10.4 Å². The third-order valence-electron chi connectivity index (χ3n) is 4.03. The van der Waals surface area contributed by atoms with Gasteiger partial charge in [-0.05, 0) is 45.1 Å². The zero-order chi connectivity index (χ0) is 16.7. The minimum absolute atomic E-state index is 0.343. The molecule has 124 valence electrons. The molecule has 1 atom stereocenters. The number of thiazole rings is 1. The monoisotopic (exact) mass is 324 g/mol. The SMILES string of the molecule is C/C=C(\C[C@@H](CC)NC(CC)CC)c1nc(C)c(C(=O)O)s1. The molecule has 0 unspecified atom stereocenters. The molecule has 1 aromatic rings. The lowest BCUT2D eigenvalue weighted by molar-refractivity contribution is 0.0701. The fourth-order valence-corrected chi connectivity index (χ4v) is 3.49. The Kier molecular flexibility index (Phi) is 7.76. The molecule has 0 spiro atoms. The standard InChI is InChI=1S/C17H28N2O2S/c1-6-12(10-14(9-4)19-13(7-2)8-3)16-18-11(5)15(22-16)17(20)21/h6,13-14,19H,7-10H2,1-5H3,(H,20,21)/b12-6+/t14-/m1/s1. The zero-order valence-electron chi connectivity index (χ0n) is 14.3. The predicted molar refractivity (Wildman–Crippen MR) is 93.7 cm³/mol. The molecule has 0 aliphatic rings. The number of rotatable bonds is 9. The quantitative estimate of drug-likeness (QED) is 0.702. The summed E-state index contributed by atoms with van der Waals surface area (Å²) in [6.07, 6.45) is 6.23. The van der Waals surface area contributed by atoms with Crippen LogP contribution in [0, 0.1) is 6.92 Å². The van der Waals surface area contributed by atoms with Crippen LogP contribution < -0.4 is 5.32 Å². The maximum absolute atomic E-state index is 11.2. The minimum Gasteiger partial charge on any atom is -0.477 e. The van der Waals surface area contributed by atoms with E-state index in [9.17, 15) is 9.90 Å². The predicted octanol–water partition coefficient (Wildman–Crippen LogP) is 4.50. The Morgan fingerprint density at radius 2 is 1.86 bits per heavy atom. The van der Waals surface area contributed by atoms with Gasteiger partial charge in [0, 0.05) is 12.1 Å². The Morgan fingerprint density at radius 1 is 1.27 bits per heavy atom. The van der Waals surface area contributed by atoms with Crippen molar-refractivity contribution in [3.8, 4) is 0 Å². The number of carbonyl (C=O) groups is 1. The molecule has 22 heavy (non-hydrogen) atoms. The lowest BCUT2D eigenvalue weighted by Gasteiger charge is -2.24. The second-order valence-corrected chi connectivity index (χ2v) is 6.54. The van der Waals surface area contributed by atoms with Crippen LogP contribution in [-0.2, 0) is 0 Å². The van der Waals surface area contributed by atoms with Crippen LogP contribution in [0.25, 0.3) is 5.57 Å². The number of aromatic carboxylic acids is 1. The second-order valence-electron chi connectivity index (χ2n) is 5.54. The number of aromatic nitrogens is 1. The van der Waals surface area contributed by atoms with Gasteiger partial charge in [-0.1, -0.05) is 26.8 Å². The topological polar surface area (TPSA) is 62.2 Å². The van der Waals surface area contributed by atoms with Crippen molar-refractivity contribution in [1.82, 2.24) is 10.3 Å². The van der Waals surface area contributed by atoms with Crippen LogP contribution in [0.4, 0.5) is 0 Å². The van der Waals surface area contributed by atoms with Gasteiger partial charge >= 0.3 is 5.97 Å². The van der Waals surface area contributed by atoms with Crippen LogP contribution in [0.5, 0.6) is 0 Å². The molecule has 1 heterocycles. The number of nitrogens with zero attached hydrogens (tertiary/aromatic N) is 1. The highest BCUT2D eigenvalue weighted by Crippen LogP contribution is 2.28. The van der Waals surface area contributed by atoms with Crippen LogP contribution in [0.3, 0.4) is 0 Å². The molecule has 1 rings (SSSR count). The Labute approximate surface area is 137 Å². The number of allylic oxidation sites excluding steroid dienone is 1. The van der Waals surface area contributed by atoms with E-state index in [1.807, 2.05) is 6.92 Å². The van der Waals surface area contributed by atoms with E-state index in [-0.39, 0.29) is 0 Å². The van der Waals surface area contributed by atoms with E-state index in [4.69, 9.17) is 0 Å². The molecule has 0 aromatic carbocycles. The Bertz CT molecular complexity index is 519. The molecular weight excluding hydrogens is 296 g/mol. The summed E-state index contributed by atoms with van der Waals surface area (Å²) >= 11 is 1.28. The van der Waals surface area contributed by atoms with Crippen LogP contribution in [0.15, 0.2) is 6.08 Å². The average Bonchev–Trinajstić information content (AvgIpc) is 2.89. The highest BCUT2D eigenvalue weighted by molar-refractivity contribution is 7.14. The van der Waals surface area contributed by atoms with E-state index in [1.54, 1.807) is 6.92 Å². The highest BCUT2D eigenvalue weighted by Gasteiger charge is 2.19. The molecule has 0 saturated heterocycles. The summed E-state index contributed by atoms with van der Waals surface area (Å²) in [5.41, 5.74) is 1.73. The second kappa shape index (κ2) is 9.06. The van der Waals surface area contributed by atoms with Crippen LogP contribution >= 0.6 is 11.3 Å². The van der Waals surface area contributed by atoms with Crippen LogP contribution in [-0.4, -0.2) is 28.1 Å². The summed E-state index contributed by atoms with van der Waals surface area (Å²) in [7, 11) is 0. The minimum atomic E-state index is -0.890. The first-order chi connectivity index (χ1) is 10.5. The molecular formula is C17H28N2O2S. The Hall–Kier alpha value is -1.20. The molecule has 0 fully saturated rings. The van der Waals surface area contributed by atoms with E-state index < -0.39 is 5.97 Å². The van der Waals surface area contributed by atoms with Gasteiger partial charge in [0.15, 0.2) is 0 Å². The molecule has 0 aliphatic heterocycles. The Morgan fingerprint density at radius 3 is 2.27 bits per heavy atom. The van der Waals surface area contributed by atoms with Gasteiger partial charge in [-0.15, -0.1) is 11.3 Å². The first-order valence-corrected chi connectivity index (χ1v) is 8.90. The molecule has 0 aliphatic carbocycles. The molecule has 5 heteroatoms. The van der Waals surface area contributed by atoms with E-state index in [0.29, 0.717) is 22.7 Å². The van der Waals surface area contributed by atoms with Crippen LogP contribution in [0.1, 0.15) is 73.8 Å². The van der Waals surface area contributed by atoms with Crippen molar-refractivity contribution in [2.75, 3.05) is 0 Å². The third-order valence-corrected chi connectivity index (χ3v) is 5.25. The first kappa shape index (κ1) is 18.8. The summed E-state index contributed by atoms with van der Waals surface area (Å²) in [6.45, 7) is 10.3. The number of hydrogen-bond acceptors (Lipinski definition) is 4. The summed E-state index contributed by atoms with van der Waals surface area (Å²) < 4.78 is 0. The van der Waals surface area contributed by atoms with Crippen LogP contribution in [0.2, 0.25) is 0 Å². The van der Waals surface area contributed by atoms with Crippen molar-refractivity contribution in [3.05, 3.63) is 21.7 Å². The number of carboxylic acids is 1. The first-order valence-electron chi connectivity index (χ1n) is 8.08. The maximum atomic E-state index is 11.2. The average molecular weight is 324 g/mol. The highest BCUT2D eigenvalue weighted by atomic mass is 32.1. The molecule has 0 amide bonds. The summed E-state index contributed by atoms with van der Waals surface area (Å²) in [6, 6.07) is 0.934. The number of aryl methyl sites for hydroxylation is 1. The maximum Gasteiger partial charge on any atom is 0.347 e. The molecule has 0 radical (unpaired) electrons. The fraction of sp³-hybridized carbons (Fsp3) is 0.647. The largest absolute Gasteiger partial charge is 0.477 e. The van der Waals surface area contributed by atoms with Crippen molar-refractivity contribution in [1.29, 1.82) is 0 Å². The normalized spacial score (nSPS) is 13.6. The molecule has 0 saturated carbocycles. The lowest BCUT2D eigenvalue weighted by atomic mass is 10.0. The van der Waals surface area contributed by atoms with Gasteiger partial charge in [0.2, 0.25) is 0 Å². The Balaban J connectivity index is 2.87. The number of hydrogen-bond donors (Lipinski definition) is 2. The van der Waals surface area contributed by atoms with E-state index in [0.717, 1.165) is 36.3 Å².